The Morgan fingerprint density at radius 1 is 1.40 bits per heavy atom. The average molecular weight is 460 g/mol. The predicted molar refractivity (Wildman–Crippen MR) is 108 cm³/mol. The van der Waals surface area contributed by atoms with E-state index in [-0.39, 0.29) is 47.2 Å². The topological polar surface area (TPSA) is 65.5 Å². The smallest absolute Gasteiger partial charge is 0.220 e. The van der Waals surface area contributed by atoms with Gasteiger partial charge in [-0.3, -0.25) is 9.79 Å². The van der Waals surface area contributed by atoms with E-state index in [1.165, 1.54) is 6.07 Å². The molecule has 1 aliphatic heterocycles. The number of guanidine groups is 1. The van der Waals surface area contributed by atoms with Gasteiger partial charge >= 0.3 is 0 Å². The second-order valence-corrected chi connectivity index (χ2v) is 6.64. The highest BCUT2D eigenvalue weighted by molar-refractivity contribution is 14.0. The molecule has 1 heterocycles. The molecule has 0 aromatic heterocycles. The van der Waals surface area contributed by atoms with Crippen molar-refractivity contribution in [1.29, 1.82) is 0 Å². The Kier molecular flexibility index (Phi) is 7.04. The molecule has 1 atom stereocenters. The molecular formula is C18H26FIN4O. The largest absolute Gasteiger partial charge is 0.357 e. The van der Waals surface area contributed by atoms with Gasteiger partial charge in [-0.1, -0.05) is 18.2 Å². The summed E-state index contributed by atoms with van der Waals surface area (Å²) in [5.41, 5.74) is 0.614. The number of hydrogen-bond donors (Lipinski definition) is 3. The molecule has 138 valence electrons. The molecule has 1 unspecified atom stereocenters. The minimum absolute atomic E-state index is 0. The molecule has 3 rings (SSSR count). The molecule has 7 heteroatoms. The monoisotopic (exact) mass is 460 g/mol. The Bertz CT molecular complexity index is 623. The molecule has 1 aromatic rings. The lowest BCUT2D eigenvalue weighted by molar-refractivity contribution is -0.122. The SMILES string of the molecule is CCNC(=NCC1(c2ccccc2F)CC1)NC1CCC(=O)NC1.I. The second kappa shape index (κ2) is 8.82. The van der Waals surface area contributed by atoms with Crippen molar-refractivity contribution in [3.8, 4) is 0 Å². The van der Waals surface area contributed by atoms with Gasteiger partial charge in [-0.25, -0.2) is 4.39 Å². The highest BCUT2D eigenvalue weighted by Gasteiger charge is 2.45. The van der Waals surface area contributed by atoms with E-state index in [1.54, 1.807) is 6.07 Å². The summed E-state index contributed by atoms with van der Waals surface area (Å²) in [6, 6.07) is 7.18. The van der Waals surface area contributed by atoms with Crippen LogP contribution in [-0.2, 0) is 10.2 Å². The number of piperidine rings is 1. The first-order valence-corrected chi connectivity index (χ1v) is 8.69. The average Bonchev–Trinajstić information content (AvgIpc) is 3.36. The number of benzene rings is 1. The Labute approximate surface area is 165 Å². The minimum atomic E-state index is -0.158. The van der Waals surface area contributed by atoms with Crippen molar-refractivity contribution in [3.63, 3.8) is 0 Å². The number of carbonyl (C=O) groups is 1. The number of amides is 1. The van der Waals surface area contributed by atoms with Gasteiger partial charge in [0.05, 0.1) is 6.54 Å². The van der Waals surface area contributed by atoms with Crippen molar-refractivity contribution in [2.45, 2.75) is 44.1 Å². The molecule has 25 heavy (non-hydrogen) atoms. The quantitative estimate of drug-likeness (QED) is 0.359. The maximum atomic E-state index is 14.1. The van der Waals surface area contributed by atoms with Crippen molar-refractivity contribution in [2.24, 2.45) is 4.99 Å². The van der Waals surface area contributed by atoms with E-state index >= 15 is 0 Å². The second-order valence-electron chi connectivity index (χ2n) is 6.64. The summed E-state index contributed by atoms with van der Waals surface area (Å²) < 4.78 is 14.1. The van der Waals surface area contributed by atoms with Crippen LogP contribution in [0.2, 0.25) is 0 Å². The Morgan fingerprint density at radius 2 is 2.16 bits per heavy atom. The number of aliphatic imine (C=N–C) groups is 1. The molecule has 0 spiro atoms. The third-order valence-electron chi connectivity index (χ3n) is 4.79. The summed E-state index contributed by atoms with van der Waals surface area (Å²) in [5.74, 6) is 0.700. The molecule has 1 saturated carbocycles. The summed E-state index contributed by atoms with van der Waals surface area (Å²) in [4.78, 5) is 15.9. The maximum Gasteiger partial charge on any atom is 0.220 e. The van der Waals surface area contributed by atoms with Crippen LogP contribution in [0.1, 0.15) is 38.2 Å². The van der Waals surface area contributed by atoms with E-state index in [1.807, 2.05) is 19.1 Å². The fraction of sp³-hybridized carbons (Fsp3) is 0.556. The molecule has 0 radical (unpaired) electrons. The minimum Gasteiger partial charge on any atom is -0.357 e. The highest BCUT2D eigenvalue weighted by atomic mass is 127. The molecule has 1 aromatic carbocycles. The first kappa shape index (κ1) is 19.9. The van der Waals surface area contributed by atoms with Gasteiger partial charge < -0.3 is 16.0 Å². The molecule has 1 amide bonds. The fourth-order valence-corrected chi connectivity index (χ4v) is 3.15. The van der Waals surface area contributed by atoms with Gasteiger partial charge in [0.25, 0.3) is 0 Å². The van der Waals surface area contributed by atoms with Crippen molar-refractivity contribution >= 4 is 35.8 Å². The fourth-order valence-electron chi connectivity index (χ4n) is 3.15. The van der Waals surface area contributed by atoms with Crippen LogP contribution in [0.15, 0.2) is 29.3 Å². The van der Waals surface area contributed by atoms with Crippen LogP contribution in [-0.4, -0.2) is 37.5 Å². The molecule has 5 nitrogen and oxygen atoms in total. The summed E-state index contributed by atoms with van der Waals surface area (Å²) in [7, 11) is 0. The number of halogens is 2. The van der Waals surface area contributed by atoms with Crippen molar-refractivity contribution in [1.82, 2.24) is 16.0 Å². The van der Waals surface area contributed by atoms with Crippen molar-refractivity contribution < 1.29 is 9.18 Å². The van der Waals surface area contributed by atoms with Crippen LogP contribution in [0.25, 0.3) is 0 Å². The zero-order valence-corrected chi connectivity index (χ0v) is 16.8. The lowest BCUT2D eigenvalue weighted by Crippen LogP contribution is -2.51. The van der Waals surface area contributed by atoms with Crippen molar-refractivity contribution in [3.05, 3.63) is 35.6 Å². The summed E-state index contributed by atoms with van der Waals surface area (Å²) in [6.45, 7) is 3.96. The molecule has 3 N–H and O–H groups in total. The van der Waals surface area contributed by atoms with Crippen LogP contribution in [0, 0.1) is 5.82 Å². The zero-order valence-electron chi connectivity index (χ0n) is 14.5. The highest BCUT2D eigenvalue weighted by Crippen LogP contribution is 2.49. The van der Waals surface area contributed by atoms with Crippen molar-refractivity contribution in [2.75, 3.05) is 19.6 Å². The van der Waals surface area contributed by atoms with E-state index in [4.69, 9.17) is 4.99 Å². The van der Waals surface area contributed by atoms with Gasteiger partial charge in [0, 0.05) is 31.0 Å². The molecule has 2 aliphatic rings. The molecule has 1 aliphatic carbocycles. The van der Waals surface area contributed by atoms with Gasteiger partial charge in [0.1, 0.15) is 5.82 Å². The number of rotatable bonds is 5. The van der Waals surface area contributed by atoms with E-state index < -0.39 is 0 Å². The summed E-state index contributed by atoms with van der Waals surface area (Å²) in [6.07, 6.45) is 3.28. The summed E-state index contributed by atoms with van der Waals surface area (Å²) in [5, 5.41) is 9.48. The number of carbonyl (C=O) groups excluding carboxylic acids is 1. The number of nitrogens with one attached hydrogen (secondary N) is 3. The lowest BCUT2D eigenvalue weighted by atomic mass is 9.95. The van der Waals surface area contributed by atoms with Crippen LogP contribution < -0.4 is 16.0 Å². The normalized spacial score (nSPS) is 21.8. The third-order valence-corrected chi connectivity index (χ3v) is 4.79. The summed E-state index contributed by atoms with van der Waals surface area (Å²) >= 11 is 0. The standard InChI is InChI=1S/C18H25FN4O.HI/c1-2-20-17(23-13-7-8-16(24)21-11-13)22-12-18(9-10-18)14-5-3-4-6-15(14)19;/h3-6,13H,2,7-12H2,1H3,(H,21,24)(H2,20,22,23);1H. The van der Waals surface area contributed by atoms with Crippen LogP contribution in [0.3, 0.4) is 0 Å². The first-order valence-electron chi connectivity index (χ1n) is 8.69. The van der Waals surface area contributed by atoms with E-state index in [0.29, 0.717) is 19.5 Å². The van der Waals surface area contributed by atoms with Crippen LogP contribution >= 0.6 is 24.0 Å². The Hall–Kier alpha value is -1.38. The predicted octanol–water partition coefficient (Wildman–Crippen LogP) is 2.31. The first-order chi connectivity index (χ1) is 11.6. The van der Waals surface area contributed by atoms with Crippen LogP contribution in [0.4, 0.5) is 4.39 Å². The zero-order chi connectivity index (χ0) is 17.0. The lowest BCUT2D eigenvalue weighted by Gasteiger charge is -2.25. The molecular weight excluding hydrogens is 434 g/mol. The molecule has 0 bridgehead atoms. The van der Waals surface area contributed by atoms with Gasteiger partial charge in [-0.05, 0) is 37.8 Å². The van der Waals surface area contributed by atoms with E-state index in [9.17, 15) is 9.18 Å². The maximum absolute atomic E-state index is 14.1. The molecule has 2 fully saturated rings. The van der Waals surface area contributed by atoms with E-state index in [0.717, 1.165) is 37.3 Å². The van der Waals surface area contributed by atoms with E-state index in [2.05, 4.69) is 16.0 Å². The third kappa shape index (κ3) is 5.05. The van der Waals surface area contributed by atoms with Gasteiger partial charge in [-0.15, -0.1) is 24.0 Å². The van der Waals surface area contributed by atoms with Gasteiger partial charge in [-0.2, -0.15) is 0 Å². The Balaban J connectivity index is 0.00000225. The van der Waals surface area contributed by atoms with Gasteiger partial charge in [0.15, 0.2) is 5.96 Å². The molecule has 1 saturated heterocycles. The van der Waals surface area contributed by atoms with Crippen LogP contribution in [0.5, 0.6) is 0 Å². The number of hydrogen-bond acceptors (Lipinski definition) is 2. The van der Waals surface area contributed by atoms with Gasteiger partial charge in [0.2, 0.25) is 5.91 Å². The Morgan fingerprint density at radius 3 is 2.76 bits per heavy atom. The number of nitrogens with zero attached hydrogens (tertiary/aromatic N) is 1.